The molecule has 0 atom stereocenters. The number of ether oxygens (including phenoxy) is 3. The molecule has 5 rings (SSSR count). The van der Waals surface area contributed by atoms with Crippen molar-refractivity contribution in [3.63, 3.8) is 0 Å². The van der Waals surface area contributed by atoms with Gasteiger partial charge in [-0.15, -0.1) is 0 Å². The van der Waals surface area contributed by atoms with E-state index in [9.17, 15) is 4.79 Å². The maximum Gasteiger partial charge on any atom is 0.213 e. The van der Waals surface area contributed by atoms with Gasteiger partial charge in [0, 0.05) is 41.9 Å². The maximum atomic E-state index is 14.1. The van der Waals surface area contributed by atoms with Crippen molar-refractivity contribution in [3.05, 3.63) is 82.3 Å². The summed E-state index contributed by atoms with van der Waals surface area (Å²) in [6.07, 6.45) is 6.21. The van der Waals surface area contributed by atoms with E-state index in [4.69, 9.17) is 14.2 Å². The zero-order valence-corrected chi connectivity index (χ0v) is 29.1. The first-order valence-corrected chi connectivity index (χ1v) is 16.3. The lowest BCUT2D eigenvalue weighted by molar-refractivity contribution is -0.439. The number of hydrogen-bond acceptors (Lipinski definition) is 5. The molecule has 2 aromatic carbocycles. The minimum absolute atomic E-state index is 0.0162. The van der Waals surface area contributed by atoms with Crippen LogP contribution >= 0.6 is 0 Å². The van der Waals surface area contributed by atoms with Crippen LogP contribution in [0.2, 0.25) is 0 Å². The van der Waals surface area contributed by atoms with Crippen molar-refractivity contribution in [1.82, 2.24) is 0 Å². The van der Waals surface area contributed by atoms with Crippen molar-refractivity contribution in [2.24, 2.45) is 11.8 Å². The highest BCUT2D eigenvalue weighted by molar-refractivity contribution is 6.24. The quantitative estimate of drug-likeness (QED) is 0.189. The normalized spacial score (nSPS) is 20.0. The highest BCUT2D eigenvalue weighted by Crippen LogP contribution is 2.51. The number of nitrogens with zero attached hydrogens (tertiary/aromatic N) is 2. The van der Waals surface area contributed by atoms with E-state index in [0.717, 1.165) is 60.1 Å². The molecule has 6 nitrogen and oxygen atoms in total. The van der Waals surface area contributed by atoms with Crippen LogP contribution in [0.25, 0.3) is 0 Å². The molecule has 0 fully saturated rings. The second-order valence-electron chi connectivity index (χ2n) is 14.4. The molecule has 0 unspecified atom stereocenters. The fourth-order valence-corrected chi connectivity index (χ4v) is 7.08. The van der Waals surface area contributed by atoms with Gasteiger partial charge in [0.1, 0.15) is 23.8 Å². The molecule has 2 aromatic rings. The summed E-state index contributed by atoms with van der Waals surface area (Å²) < 4.78 is 19.8. The third-order valence-corrected chi connectivity index (χ3v) is 9.77. The standard InChI is InChI=1S/C39H51N2O4/c1-24(2)17-19-40-30-16-15-26(43-9)21-29(30)38(5,6)33(40)22-27-36(42)28(37(27)45-11)23-34-39(7,8)35-31(13-12-14-32(35)44-10)41(34)20-18-25(3)4/h12-16,21-25H,17-20H2,1-11H3/q+1. The molecule has 0 amide bonds. The van der Waals surface area contributed by atoms with Crippen LogP contribution in [0.15, 0.2) is 71.2 Å². The lowest BCUT2D eigenvalue weighted by Crippen LogP contribution is -2.33. The summed E-state index contributed by atoms with van der Waals surface area (Å²) in [7, 11) is 5.10. The molecule has 0 bridgehead atoms. The number of ketones is 1. The molecule has 45 heavy (non-hydrogen) atoms. The third-order valence-electron chi connectivity index (χ3n) is 9.77. The Kier molecular flexibility index (Phi) is 8.82. The van der Waals surface area contributed by atoms with Gasteiger partial charge in [0.25, 0.3) is 0 Å². The topological polar surface area (TPSA) is 51.0 Å². The average Bonchev–Trinajstić information content (AvgIpc) is 3.35. The van der Waals surface area contributed by atoms with Gasteiger partial charge in [0.15, 0.2) is 5.71 Å². The van der Waals surface area contributed by atoms with Crippen molar-refractivity contribution in [2.45, 2.75) is 79.1 Å². The van der Waals surface area contributed by atoms with Crippen LogP contribution in [0.4, 0.5) is 11.4 Å². The molecule has 0 saturated carbocycles. The van der Waals surface area contributed by atoms with Gasteiger partial charge in [0.05, 0.1) is 43.5 Å². The van der Waals surface area contributed by atoms with E-state index in [2.05, 4.69) is 95.2 Å². The van der Waals surface area contributed by atoms with Gasteiger partial charge >= 0.3 is 0 Å². The number of carbonyl (C=O) groups excluding carboxylic acids is 1. The number of benzene rings is 2. The Balaban J connectivity index is 1.62. The van der Waals surface area contributed by atoms with Crippen LogP contribution in [0.5, 0.6) is 11.5 Å². The second-order valence-corrected chi connectivity index (χ2v) is 14.4. The molecule has 1 aliphatic carbocycles. The van der Waals surface area contributed by atoms with Crippen LogP contribution < -0.4 is 14.4 Å². The summed E-state index contributed by atoms with van der Waals surface area (Å²) in [4.78, 5) is 16.5. The van der Waals surface area contributed by atoms with Crippen LogP contribution in [0.3, 0.4) is 0 Å². The van der Waals surface area contributed by atoms with Gasteiger partial charge in [0.2, 0.25) is 11.5 Å². The molecule has 0 N–H and O–H groups in total. The molecule has 0 aromatic heterocycles. The summed E-state index contributed by atoms with van der Waals surface area (Å²) >= 11 is 0. The van der Waals surface area contributed by atoms with Gasteiger partial charge < -0.3 is 19.1 Å². The number of rotatable bonds is 11. The van der Waals surface area contributed by atoms with E-state index in [0.29, 0.717) is 28.7 Å². The zero-order chi connectivity index (χ0) is 32.8. The molecule has 3 aliphatic rings. The lowest BCUT2D eigenvalue weighted by Gasteiger charge is -2.30. The fraction of sp³-hybridized carbons (Fsp3) is 0.487. The van der Waals surface area contributed by atoms with E-state index < -0.39 is 0 Å². The van der Waals surface area contributed by atoms with E-state index >= 15 is 0 Å². The van der Waals surface area contributed by atoms with Crippen LogP contribution in [0.1, 0.15) is 79.4 Å². The Labute approximate surface area is 270 Å². The summed E-state index contributed by atoms with van der Waals surface area (Å²) in [5.74, 6) is 3.47. The highest BCUT2D eigenvalue weighted by atomic mass is 16.5. The van der Waals surface area contributed by atoms with Crippen molar-refractivity contribution in [2.75, 3.05) is 39.3 Å². The third kappa shape index (κ3) is 5.51. The van der Waals surface area contributed by atoms with E-state index in [1.807, 2.05) is 18.2 Å². The van der Waals surface area contributed by atoms with Crippen molar-refractivity contribution in [3.8, 4) is 11.5 Å². The molecule has 6 heteroatoms. The van der Waals surface area contributed by atoms with Crippen molar-refractivity contribution in [1.29, 1.82) is 0 Å². The van der Waals surface area contributed by atoms with E-state index in [1.54, 1.807) is 21.3 Å². The van der Waals surface area contributed by atoms with Crippen molar-refractivity contribution >= 4 is 22.9 Å². The predicted octanol–water partition coefficient (Wildman–Crippen LogP) is 8.26. The Hall–Kier alpha value is -3.80. The monoisotopic (exact) mass is 611 g/mol. The number of methoxy groups -OCH3 is 3. The minimum atomic E-state index is -0.360. The number of hydrogen-bond donors (Lipinski definition) is 0. The average molecular weight is 612 g/mol. The van der Waals surface area contributed by atoms with Gasteiger partial charge in [-0.1, -0.05) is 47.6 Å². The lowest BCUT2D eigenvalue weighted by atomic mass is 9.77. The van der Waals surface area contributed by atoms with Crippen LogP contribution in [-0.2, 0) is 20.4 Å². The Morgan fingerprint density at radius 1 is 0.867 bits per heavy atom. The number of anilines is 1. The molecule has 2 aliphatic heterocycles. The summed E-state index contributed by atoms with van der Waals surface area (Å²) in [5, 5.41) is 0. The smallest absolute Gasteiger partial charge is 0.213 e. The predicted molar refractivity (Wildman–Crippen MR) is 183 cm³/mol. The van der Waals surface area contributed by atoms with E-state index in [-0.39, 0.29) is 16.6 Å². The SMILES string of the molecule is COC1=C(C=C2N(CCC(C)C)c3ccc(OC)cc3C2(C)C)C(=O)C1=CC1=[N+](CCC(C)C)c2cccc(OC)c2C1(C)C. The number of carbonyl (C=O) groups is 1. The zero-order valence-electron chi connectivity index (χ0n) is 29.1. The second kappa shape index (κ2) is 12.2. The molecular weight excluding hydrogens is 560 g/mol. The Morgan fingerprint density at radius 2 is 1.58 bits per heavy atom. The van der Waals surface area contributed by atoms with Gasteiger partial charge in [-0.05, 0) is 68.0 Å². The molecule has 0 radical (unpaired) electrons. The first-order chi connectivity index (χ1) is 21.3. The minimum Gasteiger partial charge on any atom is -0.497 e. The van der Waals surface area contributed by atoms with Gasteiger partial charge in [-0.3, -0.25) is 4.79 Å². The first-order valence-electron chi connectivity index (χ1n) is 16.3. The van der Waals surface area contributed by atoms with Gasteiger partial charge in [-0.2, -0.15) is 4.58 Å². The summed E-state index contributed by atoms with van der Waals surface area (Å²) in [5.41, 5.74) is 7.44. The largest absolute Gasteiger partial charge is 0.497 e. The summed E-state index contributed by atoms with van der Waals surface area (Å²) in [6, 6.07) is 12.5. The molecule has 0 saturated heterocycles. The Bertz CT molecular complexity index is 1630. The van der Waals surface area contributed by atoms with E-state index in [1.165, 1.54) is 11.3 Å². The molecule has 2 heterocycles. The van der Waals surface area contributed by atoms with Crippen LogP contribution in [-0.4, -0.2) is 50.5 Å². The number of fused-ring (bicyclic) bond motifs is 2. The fourth-order valence-electron chi connectivity index (χ4n) is 7.08. The molecule has 0 spiro atoms. The number of allylic oxidation sites excluding steroid dienone is 5. The first kappa shape index (κ1) is 32.6. The Morgan fingerprint density at radius 3 is 2.20 bits per heavy atom. The van der Waals surface area contributed by atoms with Crippen LogP contribution in [0, 0.1) is 11.8 Å². The molecular formula is C39H51N2O4+. The molecule has 240 valence electrons. The summed E-state index contributed by atoms with van der Waals surface area (Å²) in [6.45, 7) is 19.6. The maximum absolute atomic E-state index is 14.1. The van der Waals surface area contributed by atoms with Crippen molar-refractivity contribution < 1.29 is 23.6 Å². The highest BCUT2D eigenvalue weighted by Gasteiger charge is 2.49. The van der Waals surface area contributed by atoms with Gasteiger partial charge in [-0.25, -0.2) is 0 Å². The number of Topliss-reactive ketones (excluding diaryl/α,β-unsaturated/α-hetero) is 1.